The minimum Gasteiger partial charge on any atom is -0.358 e. The highest BCUT2D eigenvalue weighted by Crippen LogP contribution is 2.35. The average molecular weight is 245 g/mol. The fraction of sp³-hybridized carbons (Fsp3) is 0.533. The molecule has 1 aromatic heterocycles. The summed E-state index contributed by atoms with van der Waals surface area (Å²) in [7, 11) is 0. The summed E-state index contributed by atoms with van der Waals surface area (Å²) in [5.74, 6) is 0. The van der Waals surface area contributed by atoms with E-state index >= 15 is 0 Å². The number of nitrogens with zero attached hydrogens (tertiary/aromatic N) is 3. The van der Waals surface area contributed by atoms with Gasteiger partial charge in [-0.05, 0) is 39.8 Å². The molecule has 98 valence electrons. The van der Waals surface area contributed by atoms with Crippen LogP contribution >= 0.6 is 0 Å². The molecule has 0 radical (unpaired) electrons. The lowest BCUT2D eigenvalue weighted by Crippen LogP contribution is -2.38. The smallest absolute Gasteiger partial charge is 0.0718 e. The Morgan fingerprint density at radius 1 is 1.39 bits per heavy atom. The highest BCUT2D eigenvalue weighted by atomic mass is 15.4. The maximum Gasteiger partial charge on any atom is 0.0718 e. The summed E-state index contributed by atoms with van der Waals surface area (Å²) in [6.45, 7) is 15.0. The lowest BCUT2D eigenvalue weighted by molar-refractivity contribution is 0.158. The van der Waals surface area contributed by atoms with Gasteiger partial charge in [-0.2, -0.15) is 0 Å². The molecule has 18 heavy (non-hydrogen) atoms. The van der Waals surface area contributed by atoms with E-state index in [0.29, 0.717) is 6.04 Å². The predicted octanol–water partition coefficient (Wildman–Crippen LogP) is 2.86. The molecule has 3 heteroatoms. The maximum absolute atomic E-state index is 4.41. The summed E-state index contributed by atoms with van der Waals surface area (Å²) < 4.78 is 0. The molecule has 1 fully saturated rings. The third-order valence-corrected chi connectivity index (χ3v) is 3.87. The molecule has 1 aliphatic heterocycles. The molecule has 0 N–H and O–H groups in total. The maximum atomic E-state index is 4.41. The fourth-order valence-corrected chi connectivity index (χ4v) is 2.39. The molecular weight excluding hydrogens is 222 g/mol. The molecule has 2 rings (SSSR count). The highest BCUT2D eigenvalue weighted by Gasteiger charge is 2.41. The average Bonchev–Trinajstić information content (AvgIpc) is 2.54. The Bertz CT molecular complexity index is 423. The molecule has 0 aromatic carbocycles. The lowest BCUT2D eigenvalue weighted by Gasteiger charge is -2.30. The molecule has 0 amide bonds. The Labute approximate surface area is 110 Å². The van der Waals surface area contributed by atoms with Gasteiger partial charge >= 0.3 is 0 Å². The Kier molecular flexibility index (Phi) is 3.44. The van der Waals surface area contributed by atoms with Crippen molar-refractivity contribution >= 4 is 0 Å². The fourth-order valence-electron chi connectivity index (χ4n) is 2.39. The van der Waals surface area contributed by atoms with Gasteiger partial charge in [-0.3, -0.25) is 9.88 Å². The number of pyridine rings is 1. The van der Waals surface area contributed by atoms with Gasteiger partial charge in [0.25, 0.3) is 0 Å². The van der Waals surface area contributed by atoms with Crippen LogP contribution < -0.4 is 0 Å². The van der Waals surface area contributed by atoms with Crippen LogP contribution in [-0.2, 0) is 6.54 Å². The van der Waals surface area contributed by atoms with E-state index in [1.165, 1.54) is 5.70 Å². The van der Waals surface area contributed by atoms with Crippen molar-refractivity contribution in [2.75, 3.05) is 6.67 Å². The summed E-state index contributed by atoms with van der Waals surface area (Å²) >= 11 is 0. The van der Waals surface area contributed by atoms with Crippen LogP contribution in [0.25, 0.3) is 0 Å². The molecule has 2 heterocycles. The third kappa shape index (κ3) is 2.27. The van der Waals surface area contributed by atoms with Crippen molar-refractivity contribution in [1.82, 2.24) is 14.8 Å². The van der Waals surface area contributed by atoms with Crippen LogP contribution in [0.3, 0.4) is 0 Å². The van der Waals surface area contributed by atoms with Crippen molar-refractivity contribution in [2.24, 2.45) is 0 Å². The minimum absolute atomic E-state index is 0.00178. The summed E-state index contributed by atoms with van der Waals surface area (Å²) in [5, 5.41) is 0. The van der Waals surface area contributed by atoms with E-state index in [9.17, 15) is 0 Å². The summed E-state index contributed by atoms with van der Waals surface area (Å²) in [6, 6.07) is 6.57. The molecule has 0 saturated carbocycles. The van der Waals surface area contributed by atoms with Crippen molar-refractivity contribution in [3.8, 4) is 0 Å². The first kappa shape index (κ1) is 13.1. The van der Waals surface area contributed by atoms with Gasteiger partial charge in [0.1, 0.15) is 0 Å². The van der Waals surface area contributed by atoms with Gasteiger partial charge in [0.05, 0.1) is 17.9 Å². The molecule has 0 unspecified atom stereocenters. The quantitative estimate of drug-likeness (QED) is 0.816. The first-order valence-corrected chi connectivity index (χ1v) is 6.54. The Balaban J connectivity index is 2.17. The molecule has 0 spiro atoms. The van der Waals surface area contributed by atoms with Gasteiger partial charge in [0.2, 0.25) is 0 Å². The molecule has 0 bridgehead atoms. The topological polar surface area (TPSA) is 19.4 Å². The normalized spacial score (nSPS) is 19.8. The van der Waals surface area contributed by atoms with Gasteiger partial charge in [0, 0.05) is 24.5 Å². The van der Waals surface area contributed by atoms with Crippen LogP contribution in [0.4, 0.5) is 0 Å². The second-order valence-corrected chi connectivity index (χ2v) is 5.73. The molecule has 0 aliphatic carbocycles. The standard InChI is InChI=1S/C15H23N3/c1-12(2)18-11-17(15(4,5)13(18)3)10-14-8-6-7-9-16-14/h6-9,12H,3,10-11H2,1-2,4-5H3. The largest absolute Gasteiger partial charge is 0.358 e. The van der Waals surface area contributed by atoms with Crippen molar-refractivity contribution in [1.29, 1.82) is 0 Å². The number of rotatable bonds is 3. The van der Waals surface area contributed by atoms with E-state index in [4.69, 9.17) is 0 Å². The molecule has 1 aliphatic rings. The zero-order valence-corrected chi connectivity index (χ0v) is 11.8. The summed E-state index contributed by atoms with van der Waals surface area (Å²) in [6.07, 6.45) is 1.85. The first-order chi connectivity index (χ1) is 8.43. The van der Waals surface area contributed by atoms with Crippen molar-refractivity contribution in [2.45, 2.75) is 45.8 Å². The highest BCUT2D eigenvalue weighted by molar-refractivity contribution is 5.19. The molecule has 3 nitrogen and oxygen atoms in total. The van der Waals surface area contributed by atoms with E-state index in [-0.39, 0.29) is 5.54 Å². The summed E-state index contributed by atoms with van der Waals surface area (Å²) in [4.78, 5) is 9.21. The summed E-state index contributed by atoms with van der Waals surface area (Å²) in [5.41, 5.74) is 2.32. The van der Waals surface area contributed by atoms with Crippen LogP contribution in [0, 0.1) is 0 Å². The molecule has 0 atom stereocenters. The molecule has 1 saturated heterocycles. The van der Waals surface area contributed by atoms with Gasteiger partial charge < -0.3 is 4.90 Å². The Hall–Kier alpha value is -1.35. The van der Waals surface area contributed by atoms with Gasteiger partial charge in [-0.1, -0.05) is 12.6 Å². The van der Waals surface area contributed by atoms with E-state index in [2.05, 4.69) is 55.1 Å². The van der Waals surface area contributed by atoms with Gasteiger partial charge in [-0.25, -0.2) is 0 Å². The predicted molar refractivity (Wildman–Crippen MR) is 74.8 cm³/mol. The minimum atomic E-state index is 0.00178. The Morgan fingerprint density at radius 2 is 2.11 bits per heavy atom. The van der Waals surface area contributed by atoms with Crippen LogP contribution in [0.1, 0.15) is 33.4 Å². The van der Waals surface area contributed by atoms with Crippen LogP contribution in [0.15, 0.2) is 36.7 Å². The SMILES string of the molecule is C=C1N(C(C)C)CN(Cc2ccccn2)C1(C)C. The van der Waals surface area contributed by atoms with E-state index in [1.807, 2.05) is 18.3 Å². The van der Waals surface area contributed by atoms with E-state index < -0.39 is 0 Å². The second kappa shape index (κ2) is 4.73. The van der Waals surface area contributed by atoms with Crippen LogP contribution in [0.2, 0.25) is 0 Å². The third-order valence-electron chi connectivity index (χ3n) is 3.87. The monoisotopic (exact) mass is 245 g/mol. The number of hydrogen-bond acceptors (Lipinski definition) is 3. The lowest BCUT2D eigenvalue weighted by atomic mass is 10.0. The van der Waals surface area contributed by atoms with E-state index in [1.54, 1.807) is 0 Å². The zero-order valence-electron chi connectivity index (χ0n) is 11.8. The number of hydrogen-bond donors (Lipinski definition) is 0. The molecule has 1 aromatic rings. The van der Waals surface area contributed by atoms with Crippen LogP contribution in [0.5, 0.6) is 0 Å². The first-order valence-electron chi connectivity index (χ1n) is 6.54. The van der Waals surface area contributed by atoms with Crippen molar-refractivity contribution in [3.05, 3.63) is 42.4 Å². The number of aromatic nitrogens is 1. The van der Waals surface area contributed by atoms with Gasteiger partial charge in [-0.15, -0.1) is 0 Å². The van der Waals surface area contributed by atoms with Crippen molar-refractivity contribution < 1.29 is 0 Å². The zero-order chi connectivity index (χ0) is 13.3. The molecular formula is C15H23N3. The van der Waals surface area contributed by atoms with Gasteiger partial charge in [0.15, 0.2) is 0 Å². The van der Waals surface area contributed by atoms with E-state index in [0.717, 1.165) is 18.9 Å². The second-order valence-electron chi connectivity index (χ2n) is 5.73. The van der Waals surface area contributed by atoms with Crippen LogP contribution in [-0.4, -0.2) is 33.0 Å². The van der Waals surface area contributed by atoms with Crippen molar-refractivity contribution in [3.63, 3.8) is 0 Å². The Morgan fingerprint density at radius 3 is 2.61 bits per heavy atom.